The third kappa shape index (κ3) is 5.05. The zero-order valence-corrected chi connectivity index (χ0v) is 9.44. The lowest BCUT2D eigenvalue weighted by atomic mass is 10.0. The van der Waals surface area contributed by atoms with Crippen molar-refractivity contribution < 1.29 is 35.1 Å². The van der Waals surface area contributed by atoms with Crippen molar-refractivity contribution in [2.75, 3.05) is 0 Å². The van der Waals surface area contributed by atoms with Gasteiger partial charge in [-0.05, 0) is 20.3 Å². The van der Waals surface area contributed by atoms with Crippen molar-refractivity contribution in [2.45, 2.75) is 39.0 Å². The van der Waals surface area contributed by atoms with Crippen molar-refractivity contribution in [3.05, 3.63) is 22.8 Å². The maximum Gasteiger partial charge on any atom is 0.412 e. The zero-order valence-electron chi connectivity index (χ0n) is 9.44. The molecule has 0 spiro atoms. The minimum absolute atomic E-state index is 0.257. The van der Waals surface area contributed by atoms with E-state index in [4.69, 9.17) is 0 Å². The summed E-state index contributed by atoms with van der Waals surface area (Å²) < 4.78 is 98.5. The van der Waals surface area contributed by atoms with E-state index in [1.807, 2.05) is 0 Å². The van der Waals surface area contributed by atoms with Gasteiger partial charge in [-0.15, -0.1) is 0 Å². The third-order valence-corrected chi connectivity index (χ3v) is 2.19. The van der Waals surface area contributed by atoms with Crippen LogP contribution in [0.15, 0.2) is 22.8 Å². The van der Waals surface area contributed by atoms with E-state index in [1.165, 1.54) is 0 Å². The number of rotatable bonds is 3. The summed E-state index contributed by atoms with van der Waals surface area (Å²) in [6.07, 6.45) is -12.7. The van der Waals surface area contributed by atoms with Gasteiger partial charge in [0.15, 0.2) is 0 Å². The van der Waals surface area contributed by atoms with Crippen LogP contribution in [0.2, 0.25) is 0 Å². The summed E-state index contributed by atoms with van der Waals surface area (Å²) in [7, 11) is 0. The van der Waals surface area contributed by atoms with Gasteiger partial charge in [0, 0.05) is 17.6 Å². The van der Waals surface area contributed by atoms with Crippen LogP contribution in [0.5, 0.6) is 0 Å². The van der Waals surface area contributed by atoms with Crippen molar-refractivity contribution in [1.29, 1.82) is 0 Å². The Bertz CT molecular complexity index is 351. The van der Waals surface area contributed by atoms with Crippen LogP contribution in [0, 0.1) is 0 Å². The summed E-state index contributed by atoms with van der Waals surface area (Å²) in [5.41, 5.74) is -3.74. The molecule has 0 saturated heterocycles. The SMILES string of the molecule is C/C(F)=C(/F)CC/C(=C(\C)C(F)(F)F)C(F)(F)F. The Kier molecular flexibility index (Phi) is 5.36. The highest BCUT2D eigenvalue weighted by atomic mass is 19.4. The highest BCUT2D eigenvalue weighted by Crippen LogP contribution is 2.38. The maximum absolute atomic E-state index is 12.7. The van der Waals surface area contributed by atoms with Crippen molar-refractivity contribution in [3.8, 4) is 0 Å². The number of halogens is 8. The molecule has 0 aliphatic carbocycles. The summed E-state index contributed by atoms with van der Waals surface area (Å²) >= 11 is 0. The highest BCUT2D eigenvalue weighted by Gasteiger charge is 2.42. The molecule has 0 heterocycles. The molecule has 0 unspecified atom stereocenters. The van der Waals surface area contributed by atoms with Gasteiger partial charge in [-0.25, -0.2) is 8.78 Å². The van der Waals surface area contributed by atoms with Crippen LogP contribution in [0.25, 0.3) is 0 Å². The van der Waals surface area contributed by atoms with E-state index in [0.717, 1.165) is 0 Å². The fourth-order valence-corrected chi connectivity index (χ4v) is 1.12. The number of allylic oxidation sites excluding steroid dienone is 4. The second-order valence-electron chi connectivity index (χ2n) is 3.54. The highest BCUT2D eigenvalue weighted by molar-refractivity contribution is 5.22. The molecule has 0 atom stereocenters. The second-order valence-corrected chi connectivity index (χ2v) is 3.54. The van der Waals surface area contributed by atoms with Crippen LogP contribution < -0.4 is 0 Å². The first-order valence-corrected chi connectivity index (χ1v) is 4.72. The van der Waals surface area contributed by atoms with Gasteiger partial charge in [-0.1, -0.05) is 0 Å². The molecule has 8 heteroatoms. The molecule has 0 aromatic heterocycles. The number of hydrogen-bond donors (Lipinski definition) is 0. The van der Waals surface area contributed by atoms with Crippen LogP contribution >= 0.6 is 0 Å². The average molecular weight is 282 g/mol. The molecular formula is C10H10F8. The van der Waals surface area contributed by atoms with Crippen LogP contribution in [0.4, 0.5) is 35.1 Å². The van der Waals surface area contributed by atoms with Gasteiger partial charge in [0.05, 0.1) is 0 Å². The first-order valence-electron chi connectivity index (χ1n) is 4.72. The van der Waals surface area contributed by atoms with Crippen molar-refractivity contribution >= 4 is 0 Å². The predicted octanol–water partition coefficient (Wildman–Crippen LogP) is 5.38. The Morgan fingerprint density at radius 1 is 0.778 bits per heavy atom. The van der Waals surface area contributed by atoms with Gasteiger partial charge >= 0.3 is 12.4 Å². The summed E-state index contributed by atoms with van der Waals surface area (Å²) in [6, 6.07) is 0. The van der Waals surface area contributed by atoms with Gasteiger partial charge < -0.3 is 0 Å². The summed E-state index contributed by atoms with van der Waals surface area (Å²) in [4.78, 5) is 0. The van der Waals surface area contributed by atoms with E-state index in [-0.39, 0.29) is 6.92 Å². The Hall–Kier alpha value is -1.08. The Balaban J connectivity index is 5.26. The van der Waals surface area contributed by atoms with E-state index >= 15 is 0 Å². The van der Waals surface area contributed by atoms with E-state index < -0.39 is 48.0 Å². The zero-order chi connectivity index (χ0) is 14.7. The van der Waals surface area contributed by atoms with Crippen molar-refractivity contribution in [2.24, 2.45) is 0 Å². The smallest absolute Gasteiger partial charge is 0.209 e. The Labute approximate surface area is 98.0 Å². The molecule has 0 rings (SSSR count). The van der Waals surface area contributed by atoms with E-state index in [9.17, 15) is 35.1 Å². The topological polar surface area (TPSA) is 0 Å². The second kappa shape index (κ2) is 5.71. The fraction of sp³-hybridized carbons (Fsp3) is 0.600. The lowest BCUT2D eigenvalue weighted by Gasteiger charge is -2.17. The van der Waals surface area contributed by atoms with Crippen LogP contribution in [0.1, 0.15) is 26.7 Å². The average Bonchev–Trinajstić information content (AvgIpc) is 2.13. The molecule has 0 radical (unpaired) electrons. The normalized spacial score (nSPS) is 16.3. The molecule has 0 aromatic rings. The Morgan fingerprint density at radius 3 is 1.50 bits per heavy atom. The fourth-order valence-electron chi connectivity index (χ4n) is 1.12. The molecule has 0 bridgehead atoms. The largest absolute Gasteiger partial charge is 0.412 e. The molecule has 0 saturated carbocycles. The van der Waals surface area contributed by atoms with E-state index in [2.05, 4.69) is 0 Å². The van der Waals surface area contributed by atoms with Gasteiger partial charge in [0.2, 0.25) is 0 Å². The molecule has 0 nitrogen and oxygen atoms in total. The molecule has 0 N–H and O–H groups in total. The quantitative estimate of drug-likeness (QED) is 0.481. The van der Waals surface area contributed by atoms with Gasteiger partial charge in [0.1, 0.15) is 11.7 Å². The molecule has 0 amide bonds. The van der Waals surface area contributed by atoms with Gasteiger partial charge in [-0.2, -0.15) is 26.3 Å². The predicted molar refractivity (Wildman–Crippen MR) is 49.0 cm³/mol. The Morgan fingerprint density at radius 2 is 1.22 bits per heavy atom. The molecule has 18 heavy (non-hydrogen) atoms. The monoisotopic (exact) mass is 282 g/mol. The molecule has 0 aromatic carbocycles. The van der Waals surface area contributed by atoms with Crippen LogP contribution in [-0.2, 0) is 0 Å². The maximum atomic E-state index is 12.7. The first kappa shape index (κ1) is 16.9. The van der Waals surface area contributed by atoms with Crippen molar-refractivity contribution in [3.63, 3.8) is 0 Å². The lowest BCUT2D eigenvalue weighted by molar-refractivity contribution is -0.116. The molecular weight excluding hydrogens is 272 g/mol. The minimum Gasteiger partial charge on any atom is -0.209 e. The minimum atomic E-state index is -5.23. The first-order chi connectivity index (χ1) is 7.87. The van der Waals surface area contributed by atoms with Crippen LogP contribution in [-0.4, -0.2) is 12.4 Å². The van der Waals surface area contributed by atoms with Gasteiger partial charge in [0.25, 0.3) is 0 Å². The number of hydrogen-bond acceptors (Lipinski definition) is 0. The van der Waals surface area contributed by atoms with Gasteiger partial charge in [-0.3, -0.25) is 0 Å². The van der Waals surface area contributed by atoms with Crippen molar-refractivity contribution in [1.82, 2.24) is 0 Å². The molecule has 0 aliphatic heterocycles. The summed E-state index contributed by atoms with van der Waals surface area (Å²) in [5.74, 6) is -2.84. The third-order valence-electron chi connectivity index (χ3n) is 2.19. The summed E-state index contributed by atoms with van der Waals surface area (Å²) in [5, 5.41) is 0. The van der Waals surface area contributed by atoms with E-state index in [1.54, 1.807) is 0 Å². The lowest BCUT2D eigenvalue weighted by Crippen LogP contribution is -2.21. The molecule has 0 aliphatic rings. The van der Waals surface area contributed by atoms with E-state index in [0.29, 0.717) is 6.92 Å². The standard InChI is InChI=1S/C10H10F8/c1-5(9(13,14)15)7(10(16,17)18)3-4-8(12)6(2)11/h3-4H2,1-2H3/b7-5-,8-6-. The summed E-state index contributed by atoms with van der Waals surface area (Å²) in [6.45, 7) is 0.926. The van der Waals surface area contributed by atoms with Crippen LogP contribution in [0.3, 0.4) is 0 Å². The molecule has 106 valence electrons. The molecule has 0 fully saturated rings. The number of alkyl halides is 6.